The molecule has 0 fully saturated rings. The van der Waals surface area contributed by atoms with E-state index in [-0.39, 0.29) is 6.04 Å². The lowest BCUT2D eigenvalue weighted by molar-refractivity contribution is 0.349. The summed E-state index contributed by atoms with van der Waals surface area (Å²) >= 11 is 0. The average Bonchev–Trinajstić information content (AvgIpc) is 3.07. The van der Waals surface area contributed by atoms with E-state index in [0.29, 0.717) is 18.3 Å². The van der Waals surface area contributed by atoms with E-state index in [1.165, 1.54) is 10.9 Å². The van der Waals surface area contributed by atoms with Gasteiger partial charge in [0.15, 0.2) is 5.82 Å². The number of fused-ring (bicyclic) bond motifs is 1. The molecule has 1 aromatic carbocycles. The van der Waals surface area contributed by atoms with E-state index < -0.39 is 0 Å². The number of nitrogens with one attached hydrogen (secondary N) is 1. The highest BCUT2D eigenvalue weighted by Crippen LogP contribution is 2.30. The Hall–Kier alpha value is -2.14. The zero-order valence-corrected chi connectivity index (χ0v) is 12.5. The number of aryl methyl sites for hydroxylation is 2. The van der Waals surface area contributed by atoms with Gasteiger partial charge in [0.1, 0.15) is 11.3 Å². The Balaban J connectivity index is 1.82. The number of aromatic nitrogens is 2. The third-order valence-corrected chi connectivity index (χ3v) is 3.61. The smallest absolute Gasteiger partial charge is 0.240 e. The highest BCUT2D eigenvalue weighted by Gasteiger charge is 2.18. The summed E-state index contributed by atoms with van der Waals surface area (Å²) in [6.07, 6.45) is 0.942. The van der Waals surface area contributed by atoms with Crippen molar-refractivity contribution in [1.82, 2.24) is 15.5 Å². The number of hydrogen-bond donors (Lipinski definition) is 1. The third kappa shape index (κ3) is 2.69. The van der Waals surface area contributed by atoms with Crippen LogP contribution in [-0.4, -0.2) is 10.1 Å². The van der Waals surface area contributed by atoms with Gasteiger partial charge in [0.2, 0.25) is 5.89 Å². The first kappa shape index (κ1) is 13.8. The molecule has 0 aliphatic heterocycles. The molecule has 3 aromatic rings. The second-order valence-corrected chi connectivity index (χ2v) is 5.13. The van der Waals surface area contributed by atoms with E-state index >= 15 is 0 Å². The largest absolute Gasteiger partial charge is 0.459 e. The minimum Gasteiger partial charge on any atom is -0.459 e. The van der Waals surface area contributed by atoms with Crippen molar-refractivity contribution in [3.63, 3.8) is 0 Å². The van der Waals surface area contributed by atoms with Crippen molar-refractivity contribution in [1.29, 1.82) is 0 Å². The summed E-state index contributed by atoms with van der Waals surface area (Å²) < 4.78 is 11.1. The van der Waals surface area contributed by atoms with Crippen molar-refractivity contribution < 1.29 is 8.94 Å². The maximum Gasteiger partial charge on any atom is 0.240 e. The molecular formula is C16H19N3O2. The fraction of sp³-hybridized carbons (Fsp3) is 0.375. The first-order valence-electron chi connectivity index (χ1n) is 7.22. The normalized spacial score (nSPS) is 12.9. The van der Waals surface area contributed by atoms with Gasteiger partial charge in [0.25, 0.3) is 0 Å². The minimum absolute atomic E-state index is 0.0829. The molecule has 1 atom stereocenters. The summed E-state index contributed by atoms with van der Waals surface area (Å²) in [5.74, 6) is 2.22. The molecular weight excluding hydrogens is 266 g/mol. The van der Waals surface area contributed by atoms with Crippen molar-refractivity contribution in [2.45, 2.75) is 39.8 Å². The molecule has 1 unspecified atom stereocenters. The van der Waals surface area contributed by atoms with E-state index in [9.17, 15) is 0 Å². The Morgan fingerprint density at radius 1 is 1.29 bits per heavy atom. The highest BCUT2D eigenvalue weighted by atomic mass is 16.5. The van der Waals surface area contributed by atoms with Gasteiger partial charge in [-0.3, -0.25) is 5.32 Å². The van der Waals surface area contributed by atoms with Crippen molar-refractivity contribution in [3.05, 3.63) is 47.3 Å². The van der Waals surface area contributed by atoms with Gasteiger partial charge >= 0.3 is 0 Å². The van der Waals surface area contributed by atoms with Crippen LogP contribution in [0.5, 0.6) is 0 Å². The highest BCUT2D eigenvalue weighted by molar-refractivity contribution is 5.82. The Kier molecular flexibility index (Phi) is 3.75. The summed E-state index contributed by atoms with van der Waals surface area (Å²) in [5.41, 5.74) is 2.19. The average molecular weight is 285 g/mol. The van der Waals surface area contributed by atoms with E-state index in [4.69, 9.17) is 8.94 Å². The Labute approximate surface area is 123 Å². The molecule has 0 saturated carbocycles. The molecule has 0 aliphatic carbocycles. The monoisotopic (exact) mass is 285 g/mol. The lowest BCUT2D eigenvalue weighted by atomic mass is 10.1. The van der Waals surface area contributed by atoms with Crippen molar-refractivity contribution in [3.8, 4) is 0 Å². The molecule has 2 heterocycles. The second kappa shape index (κ2) is 5.69. The Bertz CT molecular complexity index is 745. The third-order valence-electron chi connectivity index (χ3n) is 3.61. The lowest BCUT2D eigenvalue weighted by Gasteiger charge is -2.11. The first-order valence-corrected chi connectivity index (χ1v) is 7.22. The van der Waals surface area contributed by atoms with Gasteiger partial charge in [-0.25, -0.2) is 0 Å². The van der Waals surface area contributed by atoms with E-state index in [1.54, 1.807) is 0 Å². The summed E-state index contributed by atoms with van der Waals surface area (Å²) in [4.78, 5) is 4.19. The van der Waals surface area contributed by atoms with Crippen molar-refractivity contribution in [2.24, 2.45) is 0 Å². The van der Waals surface area contributed by atoms with Crippen LogP contribution in [0, 0.1) is 6.92 Å². The van der Waals surface area contributed by atoms with Crippen molar-refractivity contribution >= 4 is 11.0 Å². The quantitative estimate of drug-likeness (QED) is 0.776. The van der Waals surface area contributed by atoms with Crippen molar-refractivity contribution in [2.75, 3.05) is 0 Å². The van der Waals surface area contributed by atoms with Gasteiger partial charge in [-0.2, -0.15) is 4.98 Å². The van der Waals surface area contributed by atoms with Gasteiger partial charge < -0.3 is 8.94 Å². The summed E-state index contributed by atoms with van der Waals surface area (Å²) in [5, 5.41) is 8.35. The number of rotatable bonds is 5. The van der Waals surface area contributed by atoms with Crippen LogP contribution in [0.1, 0.15) is 42.9 Å². The summed E-state index contributed by atoms with van der Waals surface area (Å²) in [6.45, 7) is 6.57. The number of para-hydroxylation sites is 1. The molecule has 0 bridgehead atoms. The predicted octanol–water partition coefficient (Wildman–Crippen LogP) is 3.54. The first-order chi connectivity index (χ1) is 10.2. The molecule has 1 N–H and O–H groups in total. The van der Waals surface area contributed by atoms with Crippen LogP contribution in [0.4, 0.5) is 0 Å². The van der Waals surface area contributed by atoms with Crippen LogP contribution in [0.2, 0.25) is 0 Å². The van der Waals surface area contributed by atoms with Crippen LogP contribution < -0.4 is 5.32 Å². The second-order valence-electron chi connectivity index (χ2n) is 5.13. The van der Waals surface area contributed by atoms with Crippen LogP contribution in [0.15, 0.2) is 33.2 Å². The molecule has 110 valence electrons. The number of furan rings is 1. The number of hydrogen-bond acceptors (Lipinski definition) is 5. The van der Waals surface area contributed by atoms with Crippen LogP contribution in [0.25, 0.3) is 11.0 Å². The van der Waals surface area contributed by atoms with E-state index in [0.717, 1.165) is 17.8 Å². The molecule has 0 spiro atoms. The summed E-state index contributed by atoms with van der Waals surface area (Å²) in [7, 11) is 0. The molecule has 0 saturated heterocycles. The Morgan fingerprint density at radius 3 is 2.81 bits per heavy atom. The fourth-order valence-corrected chi connectivity index (χ4v) is 2.58. The summed E-state index contributed by atoms with van der Waals surface area (Å²) in [6, 6.07) is 8.23. The van der Waals surface area contributed by atoms with Crippen LogP contribution in [-0.2, 0) is 13.0 Å². The van der Waals surface area contributed by atoms with Gasteiger partial charge in [-0.15, -0.1) is 0 Å². The SMILES string of the molecule is CCc1c(C(C)NCc2nc(C)no2)oc2ccccc12. The number of benzene rings is 1. The van der Waals surface area contributed by atoms with Gasteiger partial charge in [-0.1, -0.05) is 30.3 Å². The lowest BCUT2D eigenvalue weighted by Crippen LogP contribution is -2.18. The van der Waals surface area contributed by atoms with E-state index in [2.05, 4.69) is 35.4 Å². The molecule has 21 heavy (non-hydrogen) atoms. The minimum atomic E-state index is 0.0829. The molecule has 2 aromatic heterocycles. The zero-order valence-electron chi connectivity index (χ0n) is 12.5. The Morgan fingerprint density at radius 2 is 2.10 bits per heavy atom. The predicted molar refractivity (Wildman–Crippen MR) is 79.9 cm³/mol. The number of nitrogens with zero attached hydrogens (tertiary/aromatic N) is 2. The maximum absolute atomic E-state index is 6.02. The fourth-order valence-electron chi connectivity index (χ4n) is 2.58. The molecule has 5 nitrogen and oxygen atoms in total. The molecule has 5 heteroatoms. The van der Waals surface area contributed by atoms with Gasteiger partial charge in [-0.05, 0) is 26.3 Å². The standard InChI is InChI=1S/C16H19N3O2/c1-4-12-13-7-5-6-8-14(13)20-16(12)10(2)17-9-15-18-11(3)19-21-15/h5-8,10,17H,4,9H2,1-3H3. The molecule has 0 radical (unpaired) electrons. The van der Waals surface area contributed by atoms with E-state index in [1.807, 2.05) is 25.1 Å². The zero-order chi connectivity index (χ0) is 14.8. The van der Waals surface area contributed by atoms with Gasteiger partial charge in [0.05, 0.1) is 12.6 Å². The van der Waals surface area contributed by atoms with Gasteiger partial charge in [0, 0.05) is 10.9 Å². The van der Waals surface area contributed by atoms with Crippen LogP contribution >= 0.6 is 0 Å². The van der Waals surface area contributed by atoms with Crippen LogP contribution in [0.3, 0.4) is 0 Å². The topological polar surface area (TPSA) is 64.1 Å². The molecule has 0 aliphatic rings. The molecule has 0 amide bonds. The molecule has 3 rings (SSSR count). The maximum atomic E-state index is 6.02.